The molecule has 0 heterocycles. The van der Waals surface area contributed by atoms with Crippen LogP contribution in [0.25, 0.3) is 0 Å². The lowest BCUT2D eigenvalue weighted by Crippen LogP contribution is -2.37. The Hall–Kier alpha value is -2.50. The molecule has 0 aliphatic rings. The van der Waals surface area contributed by atoms with Gasteiger partial charge in [0.1, 0.15) is 0 Å². The highest BCUT2D eigenvalue weighted by atomic mass is 35.5. The van der Waals surface area contributed by atoms with Gasteiger partial charge in [-0.3, -0.25) is 0 Å². The SMILES string of the molecule is C/C=C/C(=O)OC(C)(C(=O)O)c1ccccc1Nc1c(Cl)cccc1Cl. The van der Waals surface area contributed by atoms with E-state index in [-0.39, 0.29) is 5.56 Å². The molecule has 2 aromatic rings. The Morgan fingerprint density at radius 2 is 1.73 bits per heavy atom. The molecule has 0 aliphatic carbocycles. The zero-order valence-corrected chi connectivity index (χ0v) is 15.6. The Morgan fingerprint density at radius 3 is 2.31 bits per heavy atom. The first-order valence-electron chi connectivity index (χ1n) is 7.69. The molecule has 1 atom stereocenters. The number of halogens is 2. The fourth-order valence-corrected chi connectivity index (χ4v) is 2.84. The van der Waals surface area contributed by atoms with Gasteiger partial charge in [0.05, 0.1) is 15.7 Å². The largest absolute Gasteiger partial charge is 0.478 e. The third-order valence-electron chi connectivity index (χ3n) is 3.68. The Balaban J connectivity index is 2.52. The molecule has 7 heteroatoms. The molecule has 0 radical (unpaired) electrons. The summed E-state index contributed by atoms with van der Waals surface area (Å²) in [6.07, 6.45) is 2.63. The minimum Gasteiger partial charge on any atom is -0.478 e. The molecule has 0 amide bonds. The lowest BCUT2D eigenvalue weighted by atomic mass is 9.93. The second kappa shape index (κ2) is 8.25. The molecule has 2 N–H and O–H groups in total. The number of hydrogen-bond donors (Lipinski definition) is 2. The summed E-state index contributed by atoms with van der Waals surface area (Å²) < 4.78 is 5.23. The Morgan fingerprint density at radius 1 is 1.12 bits per heavy atom. The molecule has 0 fully saturated rings. The summed E-state index contributed by atoms with van der Waals surface area (Å²) >= 11 is 12.4. The summed E-state index contributed by atoms with van der Waals surface area (Å²) in [5, 5.41) is 13.5. The second-order valence-electron chi connectivity index (χ2n) is 5.53. The van der Waals surface area contributed by atoms with Gasteiger partial charge in [0, 0.05) is 17.3 Å². The van der Waals surface area contributed by atoms with Crippen molar-refractivity contribution in [3.8, 4) is 0 Å². The Bertz CT molecular complexity index is 846. The molecule has 1 unspecified atom stereocenters. The number of aliphatic carboxylic acids is 1. The van der Waals surface area contributed by atoms with Gasteiger partial charge >= 0.3 is 11.9 Å². The molecule has 136 valence electrons. The average molecular weight is 394 g/mol. The lowest BCUT2D eigenvalue weighted by Gasteiger charge is -2.27. The number of rotatable bonds is 6. The zero-order valence-electron chi connectivity index (χ0n) is 14.1. The van der Waals surface area contributed by atoms with Crippen molar-refractivity contribution in [2.45, 2.75) is 19.4 Å². The molecule has 0 bridgehead atoms. The van der Waals surface area contributed by atoms with E-state index in [0.717, 1.165) is 6.08 Å². The molecule has 5 nitrogen and oxygen atoms in total. The predicted octanol–water partition coefficient (Wildman–Crippen LogP) is 5.16. The number of nitrogens with one attached hydrogen (secondary N) is 1. The van der Waals surface area contributed by atoms with E-state index in [9.17, 15) is 14.7 Å². The van der Waals surface area contributed by atoms with Crippen molar-refractivity contribution in [3.05, 3.63) is 70.2 Å². The number of esters is 1. The van der Waals surface area contributed by atoms with E-state index in [1.807, 2.05) is 0 Å². The van der Waals surface area contributed by atoms with E-state index in [1.165, 1.54) is 13.0 Å². The molecule has 2 rings (SSSR count). The maximum Gasteiger partial charge on any atom is 0.352 e. The number of ether oxygens (including phenoxy) is 1. The van der Waals surface area contributed by atoms with Crippen LogP contribution in [0.15, 0.2) is 54.6 Å². The molecule has 0 aromatic heterocycles. The normalized spacial score (nSPS) is 13.2. The molecule has 0 aliphatic heterocycles. The van der Waals surface area contributed by atoms with Crippen molar-refractivity contribution in [3.63, 3.8) is 0 Å². The molecular weight excluding hydrogens is 377 g/mol. The van der Waals surface area contributed by atoms with Crippen molar-refractivity contribution >= 4 is 46.5 Å². The van der Waals surface area contributed by atoms with Crippen molar-refractivity contribution < 1.29 is 19.4 Å². The number of para-hydroxylation sites is 2. The van der Waals surface area contributed by atoms with Gasteiger partial charge in [-0.2, -0.15) is 0 Å². The van der Waals surface area contributed by atoms with Crippen LogP contribution >= 0.6 is 23.2 Å². The summed E-state index contributed by atoms with van der Waals surface area (Å²) in [6.45, 7) is 2.94. The van der Waals surface area contributed by atoms with Crippen molar-refractivity contribution in [2.24, 2.45) is 0 Å². The minimum atomic E-state index is -1.91. The molecular formula is C19H17Cl2NO4. The first-order chi connectivity index (χ1) is 12.3. The molecule has 0 saturated carbocycles. The summed E-state index contributed by atoms with van der Waals surface area (Å²) in [7, 11) is 0. The lowest BCUT2D eigenvalue weighted by molar-refractivity contribution is -0.174. The third kappa shape index (κ3) is 4.18. The number of hydrogen-bond acceptors (Lipinski definition) is 4. The van der Waals surface area contributed by atoms with Crippen LogP contribution in [0.1, 0.15) is 19.4 Å². The zero-order chi connectivity index (χ0) is 19.3. The van der Waals surface area contributed by atoms with Gasteiger partial charge in [0.15, 0.2) is 0 Å². The highest BCUT2D eigenvalue weighted by Crippen LogP contribution is 2.37. The highest BCUT2D eigenvalue weighted by Gasteiger charge is 2.41. The number of benzene rings is 2. The first-order valence-corrected chi connectivity index (χ1v) is 8.44. The smallest absolute Gasteiger partial charge is 0.352 e. The maximum absolute atomic E-state index is 11.9. The van der Waals surface area contributed by atoms with Gasteiger partial charge in [-0.25, -0.2) is 9.59 Å². The number of carbonyl (C=O) groups is 2. The van der Waals surface area contributed by atoms with E-state index >= 15 is 0 Å². The summed E-state index contributed by atoms with van der Waals surface area (Å²) in [5.41, 5.74) is -0.827. The topological polar surface area (TPSA) is 75.6 Å². The molecule has 26 heavy (non-hydrogen) atoms. The van der Waals surface area contributed by atoms with E-state index in [2.05, 4.69) is 5.32 Å². The van der Waals surface area contributed by atoms with E-state index in [0.29, 0.717) is 21.4 Å². The fraction of sp³-hybridized carbons (Fsp3) is 0.158. The number of carboxylic acids is 1. The van der Waals surface area contributed by atoms with Crippen molar-refractivity contribution in [1.82, 2.24) is 0 Å². The monoisotopic (exact) mass is 393 g/mol. The summed E-state index contributed by atoms with van der Waals surface area (Å²) in [6, 6.07) is 11.6. The summed E-state index contributed by atoms with van der Waals surface area (Å²) in [4.78, 5) is 23.8. The van der Waals surface area contributed by atoms with Crippen molar-refractivity contribution in [2.75, 3.05) is 5.32 Å². The average Bonchev–Trinajstić information content (AvgIpc) is 2.58. The number of allylic oxidation sites excluding steroid dienone is 1. The first kappa shape index (κ1) is 19.8. The fourth-order valence-electron chi connectivity index (χ4n) is 2.35. The second-order valence-corrected chi connectivity index (χ2v) is 6.34. The van der Waals surface area contributed by atoms with Crippen LogP contribution in [0, 0.1) is 0 Å². The molecule has 0 saturated heterocycles. The Kier molecular flexibility index (Phi) is 6.29. The van der Waals surface area contributed by atoms with Gasteiger partial charge in [-0.05, 0) is 32.0 Å². The van der Waals surface area contributed by atoms with Crippen LogP contribution < -0.4 is 5.32 Å². The van der Waals surface area contributed by atoms with Gasteiger partial charge < -0.3 is 15.2 Å². The van der Waals surface area contributed by atoms with Crippen LogP contribution in [-0.4, -0.2) is 17.0 Å². The summed E-state index contributed by atoms with van der Waals surface area (Å²) in [5.74, 6) is -2.07. The van der Waals surface area contributed by atoms with Crippen LogP contribution in [0.5, 0.6) is 0 Å². The predicted molar refractivity (Wildman–Crippen MR) is 102 cm³/mol. The van der Waals surface area contributed by atoms with Crippen LogP contribution in [0.3, 0.4) is 0 Å². The van der Waals surface area contributed by atoms with Gasteiger partial charge in [-0.1, -0.05) is 53.5 Å². The third-order valence-corrected chi connectivity index (χ3v) is 4.31. The standard InChI is InChI=1S/C19H17Cl2NO4/c1-3-7-16(23)26-19(2,18(24)25)12-8-4-5-11-15(12)22-17-13(20)9-6-10-14(17)21/h3-11,22H,1-2H3,(H,24,25)/b7-3+. The maximum atomic E-state index is 11.9. The number of anilines is 2. The molecule has 0 spiro atoms. The highest BCUT2D eigenvalue weighted by molar-refractivity contribution is 6.39. The van der Waals surface area contributed by atoms with E-state index in [1.54, 1.807) is 49.4 Å². The molecule has 2 aromatic carbocycles. The van der Waals surface area contributed by atoms with E-state index < -0.39 is 17.5 Å². The van der Waals surface area contributed by atoms with Crippen LogP contribution in [-0.2, 0) is 19.9 Å². The van der Waals surface area contributed by atoms with Crippen LogP contribution in [0.2, 0.25) is 10.0 Å². The van der Waals surface area contributed by atoms with Gasteiger partial charge in [-0.15, -0.1) is 0 Å². The van der Waals surface area contributed by atoms with Crippen molar-refractivity contribution in [1.29, 1.82) is 0 Å². The van der Waals surface area contributed by atoms with Crippen LogP contribution in [0.4, 0.5) is 11.4 Å². The van der Waals surface area contributed by atoms with E-state index in [4.69, 9.17) is 27.9 Å². The quantitative estimate of drug-likeness (QED) is 0.523. The van der Waals surface area contributed by atoms with Gasteiger partial charge in [0.25, 0.3) is 0 Å². The number of carboxylic acid groups (broad SMARTS) is 1. The van der Waals surface area contributed by atoms with Gasteiger partial charge in [0.2, 0.25) is 5.60 Å². The minimum absolute atomic E-state index is 0.251. The number of carbonyl (C=O) groups excluding carboxylic acids is 1. The Labute approximate surface area is 161 Å².